The topological polar surface area (TPSA) is 38.2 Å². The zero-order chi connectivity index (χ0) is 15.5. The molecule has 0 spiro atoms. The summed E-state index contributed by atoms with van der Waals surface area (Å²) < 4.78 is 19.3. The van der Waals surface area contributed by atoms with Crippen molar-refractivity contribution in [1.82, 2.24) is 14.9 Å². The molecule has 0 bridgehead atoms. The molecule has 1 aliphatic heterocycles. The maximum absolute atomic E-state index is 14.2. The SMILES string of the molecule is COc1cccc(CN2CCc3nc(SC)ncc3C2)c1F. The standard InChI is InChI=1S/C16H18FN3OS/c1-21-14-5-3-4-11(15(14)17)9-20-7-6-13-12(10-20)8-18-16(19-13)22-2/h3-5,8H,6-7,9-10H2,1-2H3. The second-order valence-electron chi connectivity index (χ2n) is 5.22. The predicted octanol–water partition coefficient (Wildman–Crippen LogP) is 2.90. The fourth-order valence-electron chi connectivity index (χ4n) is 2.67. The lowest BCUT2D eigenvalue weighted by molar-refractivity contribution is 0.237. The van der Waals surface area contributed by atoms with Gasteiger partial charge in [0.1, 0.15) is 0 Å². The minimum absolute atomic E-state index is 0.273. The molecule has 3 rings (SSSR count). The van der Waals surface area contributed by atoms with E-state index in [1.54, 1.807) is 23.9 Å². The van der Waals surface area contributed by atoms with Gasteiger partial charge in [0.15, 0.2) is 16.7 Å². The molecule has 116 valence electrons. The van der Waals surface area contributed by atoms with E-state index in [1.165, 1.54) is 7.11 Å². The second-order valence-corrected chi connectivity index (χ2v) is 6.00. The first-order chi connectivity index (χ1) is 10.7. The van der Waals surface area contributed by atoms with Crippen LogP contribution in [0.2, 0.25) is 0 Å². The molecule has 1 aromatic heterocycles. The minimum Gasteiger partial charge on any atom is -0.494 e. The van der Waals surface area contributed by atoms with Crippen molar-refractivity contribution >= 4 is 11.8 Å². The summed E-state index contributed by atoms with van der Waals surface area (Å²) in [5.41, 5.74) is 2.90. The van der Waals surface area contributed by atoms with Gasteiger partial charge in [-0.3, -0.25) is 4.90 Å². The van der Waals surface area contributed by atoms with Crippen LogP contribution in [0.15, 0.2) is 29.6 Å². The van der Waals surface area contributed by atoms with Gasteiger partial charge in [-0.2, -0.15) is 0 Å². The fourth-order valence-corrected chi connectivity index (χ4v) is 3.03. The molecule has 4 nitrogen and oxygen atoms in total. The summed E-state index contributed by atoms with van der Waals surface area (Å²) in [4.78, 5) is 11.1. The van der Waals surface area contributed by atoms with Crippen molar-refractivity contribution in [2.75, 3.05) is 19.9 Å². The number of methoxy groups -OCH3 is 1. The van der Waals surface area contributed by atoms with Crippen LogP contribution in [0.25, 0.3) is 0 Å². The quantitative estimate of drug-likeness (QED) is 0.640. The van der Waals surface area contributed by atoms with Crippen LogP contribution in [0.4, 0.5) is 4.39 Å². The van der Waals surface area contributed by atoms with Gasteiger partial charge < -0.3 is 4.74 Å². The first kappa shape index (κ1) is 15.2. The van der Waals surface area contributed by atoms with E-state index in [4.69, 9.17) is 4.74 Å². The van der Waals surface area contributed by atoms with E-state index >= 15 is 0 Å². The van der Waals surface area contributed by atoms with Crippen molar-refractivity contribution in [3.8, 4) is 5.75 Å². The Morgan fingerprint density at radius 2 is 2.27 bits per heavy atom. The molecule has 0 saturated carbocycles. The fraction of sp³-hybridized carbons (Fsp3) is 0.375. The lowest BCUT2D eigenvalue weighted by Gasteiger charge is -2.28. The van der Waals surface area contributed by atoms with E-state index in [9.17, 15) is 4.39 Å². The Morgan fingerprint density at radius 1 is 1.41 bits per heavy atom. The van der Waals surface area contributed by atoms with Gasteiger partial charge in [-0.05, 0) is 12.3 Å². The summed E-state index contributed by atoms with van der Waals surface area (Å²) in [6.45, 7) is 2.18. The number of halogens is 1. The Morgan fingerprint density at radius 3 is 3.05 bits per heavy atom. The largest absolute Gasteiger partial charge is 0.494 e. The van der Waals surface area contributed by atoms with E-state index in [0.717, 1.165) is 35.9 Å². The zero-order valence-corrected chi connectivity index (χ0v) is 13.5. The molecule has 0 radical (unpaired) electrons. The molecule has 2 heterocycles. The third-order valence-corrected chi connectivity index (χ3v) is 4.39. The molecule has 1 aliphatic rings. The van der Waals surface area contributed by atoms with E-state index in [0.29, 0.717) is 17.9 Å². The Kier molecular flexibility index (Phi) is 4.59. The third kappa shape index (κ3) is 3.08. The normalized spacial score (nSPS) is 14.7. The van der Waals surface area contributed by atoms with Gasteiger partial charge in [0.25, 0.3) is 0 Å². The number of fused-ring (bicyclic) bond motifs is 1. The van der Waals surface area contributed by atoms with Crippen LogP contribution < -0.4 is 4.74 Å². The van der Waals surface area contributed by atoms with E-state index in [1.807, 2.05) is 18.5 Å². The van der Waals surface area contributed by atoms with Gasteiger partial charge >= 0.3 is 0 Å². The molecule has 0 aliphatic carbocycles. The Bertz CT molecular complexity index is 680. The maximum atomic E-state index is 14.2. The first-order valence-electron chi connectivity index (χ1n) is 7.13. The molecule has 6 heteroatoms. The van der Waals surface area contributed by atoms with Crippen LogP contribution in [0.5, 0.6) is 5.75 Å². The summed E-state index contributed by atoms with van der Waals surface area (Å²) in [5.74, 6) is 0.0210. The molecule has 1 aromatic carbocycles. The number of aromatic nitrogens is 2. The number of ether oxygens (including phenoxy) is 1. The molecule has 0 amide bonds. The third-order valence-electron chi connectivity index (χ3n) is 3.83. The van der Waals surface area contributed by atoms with E-state index in [2.05, 4.69) is 14.9 Å². The monoisotopic (exact) mass is 319 g/mol. The minimum atomic E-state index is -0.273. The van der Waals surface area contributed by atoms with Crippen molar-refractivity contribution < 1.29 is 9.13 Å². The number of rotatable bonds is 4. The van der Waals surface area contributed by atoms with Gasteiger partial charge in [-0.1, -0.05) is 23.9 Å². The van der Waals surface area contributed by atoms with Crippen LogP contribution >= 0.6 is 11.8 Å². The van der Waals surface area contributed by atoms with Crippen LogP contribution in [-0.2, 0) is 19.5 Å². The molecular weight excluding hydrogens is 301 g/mol. The first-order valence-corrected chi connectivity index (χ1v) is 8.36. The summed E-state index contributed by atoms with van der Waals surface area (Å²) in [5, 5.41) is 0.811. The molecule has 0 saturated heterocycles. The molecule has 0 atom stereocenters. The van der Waals surface area contributed by atoms with Crippen molar-refractivity contribution in [2.45, 2.75) is 24.7 Å². The second kappa shape index (κ2) is 6.62. The summed E-state index contributed by atoms with van der Waals surface area (Å²) >= 11 is 1.55. The van der Waals surface area contributed by atoms with Crippen molar-refractivity contribution in [2.24, 2.45) is 0 Å². The average Bonchev–Trinajstić information content (AvgIpc) is 2.56. The highest BCUT2D eigenvalue weighted by molar-refractivity contribution is 7.98. The lowest BCUT2D eigenvalue weighted by atomic mass is 10.1. The van der Waals surface area contributed by atoms with E-state index < -0.39 is 0 Å². The molecule has 0 unspecified atom stereocenters. The van der Waals surface area contributed by atoms with E-state index in [-0.39, 0.29) is 5.82 Å². The maximum Gasteiger partial charge on any atom is 0.187 e. The Labute approximate surface area is 133 Å². The number of nitrogens with zero attached hydrogens (tertiary/aromatic N) is 3. The molecule has 2 aromatic rings. The zero-order valence-electron chi connectivity index (χ0n) is 12.7. The molecule has 22 heavy (non-hydrogen) atoms. The van der Waals surface area contributed by atoms with Gasteiger partial charge in [-0.15, -0.1) is 0 Å². The van der Waals surface area contributed by atoms with Crippen LogP contribution in [0.1, 0.15) is 16.8 Å². The number of hydrogen-bond acceptors (Lipinski definition) is 5. The highest BCUT2D eigenvalue weighted by Crippen LogP contribution is 2.24. The van der Waals surface area contributed by atoms with Crippen LogP contribution in [0.3, 0.4) is 0 Å². The molecular formula is C16H18FN3OS. The van der Waals surface area contributed by atoms with Crippen molar-refractivity contribution in [3.63, 3.8) is 0 Å². The van der Waals surface area contributed by atoms with Crippen molar-refractivity contribution in [1.29, 1.82) is 0 Å². The number of benzene rings is 1. The Balaban J connectivity index is 1.75. The smallest absolute Gasteiger partial charge is 0.187 e. The van der Waals surface area contributed by atoms with Crippen molar-refractivity contribution in [3.05, 3.63) is 47.0 Å². The molecule has 0 N–H and O–H groups in total. The highest BCUT2D eigenvalue weighted by atomic mass is 32.2. The lowest BCUT2D eigenvalue weighted by Crippen LogP contribution is -2.31. The number of thioether (sulfide) groups is 1. The summed E-state index contributed by atoms with van der Waals surface area (Å²) in [6, 6.07) is 5.27. The molecule has 0 fully saturated rings. The summed E-state index contributed by atoms with van der Waals surface area (Å²) in [6.07, 6.45) is 4.74. The number of hydrogen-bond donors (Lipinski definition) is 0. The average molecular weight is 319 g/mol. The van der Waals surface area contributed by atoms with Gasteiger partial charge in [0.05, 0.1) is 12.8 Å². The summed E-state index contributed by atoms with van der Waals surface area (Å²) in [7, 11) is 1.49. The predicted molar refractivity (Wildman–Crippen MR) is 84.6 cm³/mol. The van der Waals surface area contributed by atoms with Crippen LogP contribution in [-0.4, -0.2) is 34.8 Å². The van der Waals surface area contributed by atoms with Gasteiger partial charge in [0.2, 0.25) is 0 Å². The van der Waals surface area contributed by atoms with Crippen LogP contribution in [0, 0.1) is 5.82 Å². The van der Waals surface area contributed by atoms with Gasteiger partial charge in [-0.25, -0.2) is 14.4 Å². The van der Waals surface area contributed by atoms with Gasteiger partial charge in [0, 0.05) is 43.4 Å². The Hall–Kier alpha value is -1.66. The highest BCUT2D eigenvalue weighted by Gasteiger charge is 2.20.